The van der Waals surface area contributed by atoms with Gasteiger partial charge in [-0.05, 0) is 16.9 Å². The number of hydrogen-bond donors (Lipinski definition) is 0. The van der Waals surface area contributed by atoms with E-state index in [1.165, 1.54) is 19.2 Å². The van der Waals surface area contributed by atoms with Crippen LogP contribution in [0.3, 0.4) is 0 Å². The van der Waals surface area contributed by atoms with Crippen LogP contribution < -0.4 is 0 Å². The van der Waals surface area contributed by atoms with E-state index >= 15 is 0 Å². The maximum absolute atomic E-state index is 13.6. The van der Waals surface area contributed by atoms with Crippen molar-refractivity contribution in [1.82, 2.24) is 0 Å². The minimum atomic E-state index is -0.0704. The van der Waals surface area contributed by atoms with Crippen molar-refractivity contribution in [1.29, 1.82) is 0 Å². The summed E-state index contributed by atoms with van der Waals surface area (Å²) in [7, 11) is 1.06. The smallest absolute Gasteiger partial charge is 0.133 e. The highest BCUT2D eigenvalue weighted by atomic mass is 19.1. The lowest BCUT2D eigenvalue weighted by Crippen LogP contribution is -2.26. The van der Waals surface area contributed by atoms with E-state index in [4.69, 9.17) is 0 Å². The van der Waals surface area contributed by atoms with Gasteiger partial charge in [-0.25, -0.2) is 4.39 Å². The first-order valence-electron chi connectivity index (χ1n) is 5.83. The van der Waals surface area contributed by atoms with Gasteiger partial charge in [0.25, 0.3) is 0 Å². The van der Waals surface area contributed by atoms with Gasteiger partial charge in [0.1, 0.15) is 13.1 Å². The lowest BCUT2D eigenvalue weighted by molar-refractivity contribution is 0.579. The maximum Gasteiger partial charge on any atom is 0.133 e. The molecule has 2 heteroatoms. The molecule has 1 aromatic rings. The summed E-state index contributed by atoms with van der Waals surface area (Å²) < 4.78 is 13.6. The molecule has 0 nitrogen and oxygen atoms in total. The van der Waals surface area contributed by atoms with Crippen LogP contribution in [0.1, 0.15) is 39.2 Å². The molecule has 15 heavy (non-hydrogen) atoms. The van der Waals surface area contributed by atoms with E-state index in [-0.39, 0.29) is 11.1 Å². The fourth-order valence-corrected chi connectivity index (χ4v) is 1.96. The summed E-state index contributed by atoms with van der Waals surface area (Å²) in [6.07, 6.45) is 3.63. The van der Waals surface area contributed by atoms with Gasteiger partial charge >= 0.3 is 0 Å². The molecule has 0 aliphatic heterocycles. The average molecular weight is 206 g/mol. The zero-order valence-electron chi connectivity index (χ0n) is 10.0. The van der Waals surface area contributed by atoms with Crippen molar-refractivity contribution in [3.8, 4) is 0 Å². The van der Waals surface area contributed by atoms with Crippen LogP contribution in [0.4, 0.5) is 4.39 Å². The summed E-state index contributed by atoms with van der Waals surface area (Å²) in [6, 6.07) is 7.12. The van der Waals surface area contributed by atoms with Crippen LogP contribution in [-0.4, -0.2) is 7.28 Å². The molecule has 0 aromatic heterocycles. The highest BCUT2D eigenvalue weighted by Crippen LogP contribution is 2.25. The molecule has 0 amide bonds. The molecule has 0 radical (unpaired) electrons. The van der Waals surface area contributed by atoms with Crippen LogP contribution in [0.5, 0.6) is 0 Å². The molecule has 0 heterocycles. The van der Waals surface area contributed by atoms with Crippen molar-refractivity contribution in [3.05, 3.63) is 35.6 Å². The Labute approximate surface area is 93.1 Å². The number of unbranched alkanes of at least 4 members (excludes halogenated alkanes) is 1. The fourth-order valence-electron chi connectivity index (χ4n) is 1.96. The van der Waals surface area contributed by atoms with Crippen LogP contribution >= 0.6 is 0 Å². The average Bonchev–Trinajstić information content (AvgIpc) is 2.18. The second-order valence-electron chi connectivity index (χ2n) is 4.82. The Kier molecular flexibility index (Phi) is 4.37. The van der Waals surface area contributed by atoms with Gasteiger partial charge in [0, 0.05) is 0 Å². The van der Waals surface area contributed by atoms with Gasteiger partial charge < -0.3 is 0 Å². The van der Waals surface area contributed by atoms with Gasteiger partial charge in [0.15, 0.2) is 0 Å². The predicted molar refractivity (Wildman–Crippen MR) is 66.3 cm³/mol. The van der Waals surface area contributed by atoms with Gasteiger partial charge in [-0.15, -0.1) is 0 Å². The Morgan fingerprint density at radius 2 is 1.93 bits per heavy atom. The van der Waals surface area contributed by atoms with Crippen molar-refractivity contribution < 1.29 is 4.39 Å². The van der Waals surface area contributed by atoms with Crippen LogP contribution in [0, 0.1) is 5.82 Å². The first-order valence-corrected chi connectivity index (χ1v) is 5.83. The Balaban J connectivity index is 2.72. The molecule has 82 valence electrons. The summed E-state index contributed by atoms with van der Waals surface area (Å²) in [6.45, 7) is 6.44. The third-order valence-corrected chi connectivity index (χ3v) is 3.01. The molecule has 0 aliphatic carbocycles. The SMILES string of the molecule is CCCCBC(C)(C)c1ccccc1F. The molecule has 0 aliphatic rings. The summed E-state index contributed by atoms with van der Waals surface area (Å²) in [4.78, 5) is 0. The van der Waals surface area contributed by atoms with Gasteiger partial charge in [0.2, 0.25) is 0 Å². The van der Waals surface area contributed by atoms with E-state index in [0.29, 0.717) is 0 Å². The summed E-state index contributed by atoms with van der Waals surface area (Å²) >= 11 is 0. The zero-order valence-corrected chi connectivity index (χ0v) is 10.0. The molecule has 0 fully saturated rings. The minimum Gasteiger partial charge on any atom is -0.207 e. The molecule has 0 spiro atoms. The molecule has 0 saturated heterocycles. The van der Waals surface area contributed by atoms with E-state index in [1.807, 2.05) is 12.1 Å². The lowest BCUT2D eigenvalue weighted by atomic mass is 9.49. The third-order valence-electron chi connectivity index (χ3n) is 3.01. The molecule has 1 rings (SSSR count). The quantitative estimate of drug-likeness (QED) is 0.508. The van der Waals surface area contributed by atoms with Gasteiger partial charge in [0.05, 0.1) is 0 Å². The number of rotatable bonds is 5. The van der Waals surface area contributed by atoms with E-state index in [1.54, 1.807) is 12.1 Å². The van der Waals surface area contributed by atoms with E-state index in [0.717, 1.165) is 12.8 Å². The maximum atomic E-state index is 13.6. The Morgan fingerprint density at radius 1 is 1.27 bits per heavy atom. The zero-order chi connectivity index (χ0) is 11.3. The van der Waals surface area contributed by atoms with Crippen molar-refractivity contribution in [2.45, 2.75) is 45.2 Å². The van der Waals surface area contributed by atoms with Gasteiger partial charge in [-0.1, -0.05) is 58.1 Å². The van der Waals surface area contributed by atoms with Crippen LogP contribution in [0.25, 0.3) is 0 Å². The molecule has 0 atom stereocenters. The van der Waals surface area contributed by atoms with Crippen molar-refractivity contribution in [3.63, 3.8) is 0 Å². The Hall–Kier alpha value is -0.785. The van der Waals surface area contributed by atoms with E-state index in [2.05, 4.69) is 20.8 Å². The molecular formula is C13H20BF. The second kappa shape index (κ2) is 5.34. The first kappa shape index (κ1) is 12.3. The molecular weight excluding hydrogens is 186 g/mol. The first-order chi connectivity index (χ1) is 7.08. The topological polar surface area (TPSA) is 0 Å². The monoisotopic (exact) mass is 206 g/mol. The lowest BCUT2D eigenvalue weighted by Gasteiger charge is -2.24. The number of hydrogen-bond acceptors (Lipinski definition) is 0. The second-order valence-corrected chi connectivity index (χ2v) is 4.82. The molecule has 0 N–H and O–H groups in total. The Morgan fingerprint density at radius 3 is 2.53 bits per heavy atom. The molecule has 0 unspecified atom stereocenters. The number of benzene rings is 1. The highest BCUT2D eigenvalue weighted by Gasteiger charge is 2.23. The van der Waals surface area contributed by atoms with Crippen molar-refractivity contribution in [2.24, 2.45) is 0 Å². The summed E-state index contributed by atoms with van der Waals surface area (Å²) in [5.41, 5.74) is 0.848. The highest BCUT2D eigenvalue weighted by molar-refractivity contribution is 6.39. The van der Waals surface area contributed by atoms with Crippen LogP contribution in [-0.2, 0) is 5.31 Å². The predicted octanol–water partition coefficient (Wildman–Crippen LogP) is 3.72. The van der Waals surface area contributed by atoms with Gasteiger partial charge in [-0.3, -0.25) is 0 Å². The molecule has 1 aromatic carbocycles. The van der Waals surface area contributed by atoms with Crippen molar-refractivity contribution in [2.75, 3.05) is 0 Å². The van der Waals surface area contributed by atoms with E-state index < -0.39 is 0 Å². The van der Waals surface area contributed by atoms with Gasteiger partial charge in [-0.2, -0.15) is 0 Å². The normalized spacial score (nSPS) is 11.5. The Bertz CT molecular complexity index is 307. The third kappa shape index (κ3) is 3.37. The van der Waals surface area contributed by atoms with Crippen LogP contribution in [0.15, 0.2) is 24.3 Å². The summed E-state index contributed by atoms with van der Waals surface area (Å²) in [5.74, 6) is -0.0704. The van der Waals surface area contributed by atoms with Crippen LogP contribution in [0.2, 0.25) is 6.32 Å². The summed E-state index contributed by atoms with van der Waals surface area (Å²) in [5, 5.41) is -0.0412. The largest absolute Gasteiger partial charge is 0.207 e. The van der Waals surface area contributed by atoms with E-state index in [9.17, 15) is 4.39 Å². The number of halogens is 1. The molecule has 0 bridgehead atoms. The fraction of sp³-hybridized carbons (Fsp3) is 0.538. The van der Waals surface area contributed by atoms with Crippen molar-refractivity contribution >= 4 is 7.28 Å². The minimum absolute atomic E-state index is 0.0412. The molecule has 0 saturated carbocycles. The standard InChI is InChI=1S/C13H20BF/c1-4-5-10-14-13(2,3)11-8-6-7-9-12(11)15/h6-9,14H,4-5,10H2,1-3H3.